The van der Waals surface area contributed by atoms with Gasteiger partial charge in [-0.05, 0) is 37.0 Å². The molecular weight excluding hydrogens is 238 g/mol. The zero-order valence-electron chi connectivity index (χ0n) is 11.0. The minimum Gasteiger partial charge on any atom is -0.399 e. The average molecular weight is 257 g/mol. The van der Waals surface area contributed by atoms with Gasteiger partial charge in [0.05, 0.1) is 18.8 Å². The van der Waals surface area contributed by atoms with Gasteiger partial charge in [0.2, 0.25) is 0 Å². The molecular formula is C15H19N3O. The summed E-state index contributed by atoms with van der Waals surface area (Å²) in [5, 5.41) is 4.41. The maximum atomic E-state index is 5.74. The summed E-state index contributed by atoms with van der Waals surface area (Å²) in [6, 6.07) is 7.87. The quantitative estimate of drug-likeness (QED) is 0.860. The molecule has 1 aromatic heterocycles. The molecule has 2 heterocycles. The second-order valence-electron chi connectivity index (χ2n) is 5.06. The van der Waals surface area contributed by atoms with Crippen LogP contribution in [0.15, 0.2) is 36.7 Å². The molecule has 2 aromatic rings. The van der Waals surface area contributed by atoms with Crippen LogP contribution < -0.4 is 5.73 Å². The van der Waals surface area contributed by atoms with Gasteiger partial charge in [0.1, 0.15) is 0 Å². The summed E-state index contributed by atoms with van der Waals surface area (Å²) >= 11 is 0. The summed E-state index contributed by atoms with van der Waals surface area (Å²) in [6.07, 6.45) is 7.87. The van der Waals surface area contributed by atoms with Crippen molar-refractivity contribution < 1.29 is 4.74 Å². The molecule has 0 spiro atoms. The Bertz CT molecular complexity index is 527. The highest BCUT2D eigenvalue weighted by Crippen LogP contribution is 2.21. The van der Waals surface area contributed by atoms with Crippen molar-refractivity contribution in [1.29, 1.82) is 0 Å². The maximum Gasteiger partial charge on any atom is 0.0770 e. The molecule has 100 valence electrons. The van der Waals surface area contributed by atoms with Crippen LogP contribution in [-0.4, -0.2) is 22.5 Å². The lowest BCUT2D eigenvalue weighted by Crippen LogP contribution is -2.24. The molecule has 1 saturated heterocycles. The number of nitrogens with two attached hydrogens (primary N) is 1. The highest BCUT2D eigenvalue weighted by molar-refractivity contribution is 5.63. The number of ether oxygens (including phenoxy) is 1. The summed E-state index contributed by atoms with van der Waals surface area (Å²) in [5.41, 5.74) is 8.74. The third-order valence-electron chi connectivity index (χ3n) is 3.54. The van der Waals surface area contributed by atoms with Crippen LogP contribution >= 0.6 is 0 Å². The Kier molecular flexibility index (Phi) is 3.51. The highest BCUT2D eigenvalue weighted by atomic mass is 16.5. The van der Waals surface area contributed by atoms with Gasteiger partial charge in [0, 0.05) is 24.1 Å². The molecule has 0 amide bonds. The molecule has 2 N–H and O–H groups in total. The molecule has 19 heavy (non-hydrogen) atoms. The zero-order chi connectivity index (χ0) is 13.1. The van der Waals surface area contributed by atoms with E-state index in [4.69, 9.17) is 10.5 Å². The van der Waals surface area contributed by atoms with E-state index in [9.17, 15) is 0 Å². The van der Waals surface area contributed by atoms with Gasteiger partial charge in [-0.3, -0.25) is 4.68 Å². The maximum absolute atomic E-state index is 5.74. The number of hydrogen-bond acceptors (Lipinski definition) is 3. The Morgan fingerprint density at radius 2 is 2.05 bits per heavy atom. The van der Waals surface area contributed by atoms with Crippen molar-refractivity contribution in [2.45, 2.75) is 31.9 Å². The fourth-order valence-electron chi connectivity index (χ4n) is 2.45. The van der Waals surface area contributed by atoms with E-state index in [2.05, 4.69) is 11.3 Å². The lowest BCUT2D eigenvalue weighted by atomic mass is 10.1. The van der Waals surface area contributed by atoms with Gasteiger partial charge in [-0.1, -0.05) is 12.1 Å². The van der Waals surface area contributed by atoms with Crippen molar-refractivity contribution >= 4 is 5.69 Å². The van der Waals surface area contributed by atoms with E-state index in [1.807, 2.05) is 35.1 Å². The Balaban J connectivity index is 1.70. The SMILES string of the molecule is Nc1ccc(-c2cnn(CC3CCCCO3)c2)cc1. The van der Waals surface area contributed by atoms with E-state index in [0.29, 0.717) is 6.10 Å². The number of nitrogen functional groups attached to an aromatic ring is 1. The van der Waals surface area contributed by atoms with Gasteiger partial charge in [-0.2, -0.15) is 5.10 Å². The Hall–Kier alpha value is -1.81. The second kappa shape index (κ2) is 5.45. The fourth-order valence-corrected chi connectivity index (χ4v) is 2.45. The number of hydrogen-bond donors (Lipinski definition) is 1. The van der Waals surface area contributed by atoms with E-state index >= 15 is 0 Å². The van der Waals surface area contributed by atoms with Crippen LogP contribution in [0.2, 0.25) is 0 Å². The van der Waals surface area contributed by atoms with Crippen LogP contribution in [0.3, 0.4) is 0 Å². The first-order valence-electron chi connectivity index (χ1n) is 6.81. The second-order valence-corrected chi connectivity index (χ2v) is 5.06. The first-order chi connectivity index (χ1) is 9.31. The summed E-state index contributed by atoms with van der Waals surface area (Å²) < 4.78 is 7.71. The van der Waals surface area contributed by atoms with Crippen molar-refractivity contribution in [3.05, 3.63) is 36.7 Å². The van der Waals surface area contributed by atoms with E-state index in [0.717, 1.165) is 36.4 Å². The molecule has 0 saturated carbocycles. The van der Waals surface area contributed by atoms with Crippen LogP contribution in [0.5, 0.6) is 0 Å². The predicted molar refractivity (Wildman–Crippen MR) is 75.7 cm³/mol. The van der Waals surface area contributed by atoms with Crippen molar-refractivity contribution in [2.24, 2.45) is 0 Å². The molecule has 1 aromatic carbocycles. The smallest absolute Gasteiger partial charge is 0.0770 e. The molecule has 1 atom stereocenters. The van der Waals surface area contributed by atoms with Gasteiger partial charge in [0.15, 0.2) is 0 Å². The molecule has 0 aliphatic carbocycles. The number of nitrogens with zero attached hydrogens (tertiary/aromatic N) is 2. The van der Waals surface area contributed by atoms with Gasteiger partial charge in [-0.25, -0.2) is 0 Å². The van der Waals surface area contributed by atoms with Gasteiger partial charge in [0.25, 0.3) is 0 Å². The van der Waals surface area contributed by atoms with E-state index in [1.54, 1.807) is 0 Å². The molecule has 3 rings (SSSR count). The standard InChI is InChI=1S/C15H19N3O/c16-14-6-4-12(5-7-14)13-9-17-18(10-13)11-15-3-1-2-8-19-15/h4-7,9-10,15H,1-3,8,11,16H2. The molecule has 1 fully saturated rings. The van der Waals surface area contributed by atoms with Crippen LogP contribution in [0.4, 0.5) is 5.69 Å². The van der Waals surface area contributed by atoms with Crippen molar-refractivity contribution in [3.63, 3.8) is 0 Å². The zero-order valence-corrected chi connectivity index (χ0v) is 11.0. The number of aromatic nitrogens is 2. The first-order valence-corrected chi connectivity index (χ1v) is 6.81. The van der Waals surface area contributed by atoms with Crippen LogP contribution in [0, 0.1) is 0 Å². The summed E-state index contributed by atoms with van der Waals surface area (Å²) in [5.74, 6) is 0. The van der Waals surface area contributed by atoms with E-state index in [-0.39, 0.29) is 0 Å². The molecule has 1 aliphatic rings. The summed E-state index contributed by atoms with van der Waals surface area (Å²) in [4.78, 5) is 0. The van der Waals surface area contributed by atoms with E-state index < -0.39 is 0 Å². The summed E-state index contributed by atoms with van der Waals surface area (Å²) in [7, 11) is 0. The first kappa shape index (κ1) is 12.2. The molecule has 0 bridgehead atoms. The fraction of sp³-hybridized carbons (Fsp3) is 0.400. The van der Waals surface area contributed by atoms with Gasteiger partial charge in [-0.15, -0.1) is 0 Å². The Morgan fingerprint density at radius 3 is 2.79 bits per heavy atom. The lowest BCUT2D eigenvalue weighted by Gasteiger charge is -2.22. The van der Waals surface area contributed by atoms with Crippen molar-refractivity contribution in [2.75, 3.05) is 12.3 Å². The van der Waals surface area contributed by atoms with Gasteiger partial charge < -0.3 is 10.5 Å². The van der Waals surface area contributed by atoms with E-state index in [1.165, 1.54) is 12.8 Å². The monoisotopic (exact) mass is 257 g/mol. The third kappa shape index (κ3) is 2.96. The minimum atomic E-state index is 0.313. The third-order valence-corrected chi connectivity index (χ3v) is 3.54. The number of anilines is 1. The van der Waals surface area contributed by atoms with Crippen LogP contribution in [-0.2, 0) is 11.3 Å². The van der Waals surface area contributed by atoms with Gasteiger partial charge >= 0.3 is 0 Å². The lowest BCUT2D eigenvalue weighted by molar-refractivity contribution is 0.00400. The molecule has 4 heteroatoms. The number of rotatable bonds is 3. The van der Waals surface area contributed by atoms with Crippen molar-refractivity contribution in [1.82, 2.24) is 9.78 Å². The topological polar surface area (TPSA) is 53.1 Å². The predicted octanol–water partition coefficient (Wildman–Crippen LogP) is 2.70. The van der Waals surface area contributed by atoms with Crippen LogP contribution in [0.25, 0.3) is 11.1 Å². The van der Waals surface area contributed by atoms with Crippen molar-refractivity contribution in [3.8, 4) is 11.1 Å². The summed E-state index contributed by atoms with van der Waals surface area (Å²) in [6.45, 7) is 1.73. The average Bonchev–Trinajstić information content (AvgIpc) is 2.89. The normalized spacial score (nSPS) is 19.5. The molecule has 0 radical (unpaired) electrons. The molecule has 1 unspecified atom stereocenters. The molecule has 4 nitrogen and oxygen atoms in total. The number of benzene rings is 1. The molecule has 1 aliphatic heterocycles. The van der Waals surface area contributed by atoms with Crippen LogP contribution in [0.1, 0.15) is 19.3 Å². The minimum absolute atomic E-state index is 0.313. The highest BCUT2D eigenvalue weighted by Gasteiger charge is 2.14. The largest absolute Gasteiger partial charge is 0.399 e. The Labute approximate surface area is 113 Å². The Morgan fingerprint density at radius 1 is 1.21 bits per heavy atom.